The smallest absolute Gasteiger partial charge is 0.261 e. The van der Waals surface area contributed by atoms with Crippen LogP contribution in [0.5, 0.6) is 0 Å². The van der Waals surface area contributed by atoms with E-state index in [0.717, 1.165) is 12.1 Å². The fourth-order valence-electron chi connectivity index (χ4n) is 1.86. The number of aromatic amines is 1. The lowest BCUT2D eigenvalue weighted by atomic mass is 10.2. The Hall–Kier alpha value is -2.40. The Morgan fingerprint density at radius 1 is 1.20 bits per heavy atom. The molecule has 5 nitrogen and oxygen atoms in total. The van der Waals surface area contributed by atoms with E-state index >= 15 is 0 Å². The van der Waals surface area contributed by atoms with Gasteiger partial charge in [-0.2, -0.15) is 0 Å². The first-order chi connectivity index (χ1) is 9.56. The zero-order chi connectivity index (χ0) is 14.5. The van der Waals surface area contributed by atoms with Crippen LogP contribution in [0.2, 0.25) is 0 Å². The summed E-state index contributed by atoms with van der Waals surface area (Å²) in [6, 6.07) is 10.7. The zero-order valence-corrected chi connectivity index (χ0v) is 11.5. The standard InChI is InChI=1S/C15H17N3O2/c1-18(2)10-11-5-7-12(8-6-11)17-15(20)13-4-3-9-16-14(13)19/h3-9H,10H2,1-2H3,(H,16,19)(H,17,20). The largest absolute Gasteiger partial charge is 0.328 e. The maximum absolute atomic E-state index is 12.0. The van der Waals surface area contributed by atoms with E-state index < -0.39 is 11.5 Å². The first-order valence-electron chi connectivity index (χ1n) is 6.29. The van der Waals surface area contributed by atoms with E-state index in [-0.39, 0.29) is 5.56 Å². The predicted molar refractivity (Wildman–Crippen MR) is 78.8 cm³/mol. The number of carbonyl (C=O) groups is 1. The van der Waals surface area contributed by atoms with Gasteiger partial charge in [0.05, 0.1) is 0 Å². The molecular weight excluding hydrogens is 254 g/mol. The van der Waals surface area contributed by atoms with E-state index in [1.54, 1.807) is 6.07 Å². The van der Waals surface area contributed by atoms with Gasteiger partial charge in [0.15, 0.2) is 0 Å². The number of nitrogens with one attached hydrogen (secondary N) is 2. The Balaban J connectivity index is 2.09. The van der Waals surface area contributed by atoms with Gasteiger partial charge in [-0.3, -0.25) is 9.59 Å². The average molecular weight is 271 g/mol. The van der Waals surface area contributed by atoms with E-state index in [4.69, 9.17) is 0 Å². The van der Waals surface area contributed by atoms with Crippen LogP contribution in [0.15, 0.2) is 47.4 Å². The minimum absolute atomic E-state index is 0.102. The van der Waals surface area contributed by atoms with E-state index in [2.05, 4.69) is 15.2 Å². The molecule has 0 bridgehead atoms. The second-order valence-corrected chi connectivity index (χ2v) is 4.80. The van der Waals surface area contributed by atoms with Gasteiger partial charge in [-0.25, -0.2) is 0 Å². The Morgan fingerprint density at radius 2 is 1.90 bits per heavy atom. The first-order valence-corrected chi connectivity index (χ1v) is 6.29. The summed E-state index contributed by atoms with van der Waals surface area (Å²) in [6.45, 7) is 0.840. The summed E-state index contributed by atoms with van der Waals surface area (Å²) in [5.41, 5.74) is 1.53. The SMILES string of the molecule is CN(C)Cc1ccc(NC(=O)c2ccc[nH]c2=O)cc1. The molecule has 1 heterocycles. The second-order valence-electron chi connectivity index (χ2n) is 4.80. The number of amides is 1. The van der Waals surface area contributed by atoms with Gasteiger partial charge >= 0.3 is 0 Å². The molecule has 5 heteroatoms. The second kappa shape index (κ2) is 6.16. The normalized spacial score (nSPS) is 10.6. The van der Waals surface area contributed by atoms with Crippen molar-refractivity contribution in [1.82, 2.24) is 9.88 Å². The molecule has 1 aromatic heterocycles. The Bertz CT molecular complexity index is 645. The third kappa shape index (κ3) is 3.55. The van der Waals surface area contributed by atoms with Crippen LogP contribution in [0.3, 0.4) is 0 Å². The molecule has 0 unspecified atom stereocenters. The zero-order valence-electron chi connectivity index (χ0n) is 11.5. The topological polar surface area (TPSA) is 65.2 Å². The minimum Gasteiger partial charge on any atom is -0.328 e. The molecule has 2 aromatic rings. The summed E-state index contributed by atoms with van der Waals surface area (Å²) in [4.78, 5) is 28.0. The van der Waals surface area contributed by atoms with Crippen LogP contribution in [0, 0.1) is 0 Å². The molecule has 1 aromatic carbocycles. The van der Waals surface area contributed by atoms with Crippen LogP contribution in [-0.2, 0) is 6.54 Å². The number of H-pyrrole nitrogens is 1. The van der Waals surface area contributed by atoms with Crippen molar-refractivity contribution in [1.29, 1.82) is 0 Å². The molecule has 0 aliphatic heterocycles. The molecule has 20 heavy (non-hydrogen) atoms. The van der Waals surface area contributed by atoms with Crippen molar-refractivity contribution >= 4 is 11.6 Å². The number of rotatable bonds is 4. The van der Waals surface area contributed by atoms with Gasteiger partial charge in [0.2, 0.25) is 0 Å². The maximum Gasteiger partial charge on any atom is 0.261 e. The number of aromatic nitrogens is 1. The molecule has 0 radical (unpaired) electrons. The molecule has 0 atom stereocenters. The highest BCUT2D eigenvalue weighted by molar-refractivity contribution is 6.03. The molecule has 0 fully saturated rings. The van der Waals surface area contributed by atoms with Gasteiger partial charge in [-0.15, -0.1) is 0 Å². The van der Waals surface area contributed by atoms with Crippen LogP contribution in [0.4, 0.5) is 5.69 Å². The van der Waals surface area contributed by atoms with Gasteiger partial charge in [0.1, 0.15) is 5.56 Å². The fourth-order valence-corrected chi connectivity index (χ4v) is 1.86. The van der Waals surface area contributed by atoms with Crippen LogP contribution < -0.4 is 10.9 Å². The van der Waals surface area contributed by atoms with Gasteiger partial charge in [-0.1, -0.05) is 12.1 Å². The lowest BCUT2D eigenvalue weighted by molar-refractivity contribution is 0.102. The number of benzene rings is 1. The van der Waals surface area contributed by atoms with E-state index in [0.29, 0.717) is 5.69 Å². The summed E-state index contributed by atoms with van der Waals surface area (Å²) in [6.07, 6.45) is 1.50. The van der Waals surface area contributed by atoms with E-state index in [1.807, 2.05) is 38.4 Å². The third-order valence-corrected chi connectivity index (χ3v) is 2.77. The van der Waals surface area contributed by atoms with Crippen LogP contribution in [-0.4, -0.2) is 29.9 Å². The highest BCUT2D eigenvalue weighted by Gasteiger charge is 2.09. The van der Waals surface area contributed by atoms with E-state index in [1.165, 1.54) is 12.3 Å². The molecule has 0 spiro atoms. The summed E-state index contributed by atoms with van der Waals surface area (Å²) in [5, 5.41) is 2.71. The summed E-state index contributed by atoms with van der Waals surface area (Å²) in [5.74, 6) is -0.410. The van der Waals surface area contributed by atoms with E-state index in [9.17, 15) is 9.59 Å². The number of hydrogen-bond acceptors (Lipinski definition) is 3. The summed E-state index contributed by atoms with van der Waals surface area (Å²) < 4.78 is 0. The minimum atomic E-state index is -0.410. The van der Waals surface area contributed by atoms with Crippen molar-refractivity contribution in [3.05, 3.63) is 64.1 Å². The lowest BCUT2D eigenvalue weighted by Crippen LogP contribution is -2.22. The molecule has 0 aliphatic carbocycles. The number of anilines is 1. The number of pyridine rings is 1. The monoisotopic (exact) mass is 271 g/mol. The van der Waals surface area contributed by atoms with Crippen molar-refractivity contribution in [2.24, 2.45) is 0 Å². The molecular formula is C15H17N3O2. The van der Waals surface area contributed by atoms with Gasteiger partial charge in [-0.05, 0) is 43.9 Å². The maximum atomic E-state index is 12.0. The van der Waals surface area contributed by atoms with Crippen molar-refractivity contribution in [2.45, 2.75) is 6.54 Å². The molecule has 2 N–H and O–H groups in total. The predicted octanol–water partition coefficient (Wildman–Crippen LogP) is 1.69. The quantitative estimate of drug-likeness (QED) is 0.889. The Labute approximate surface area is 117 Å². The Morgan fingerprint density at radius 3 is 2.50 bits per heavy atom. The van der Waals surface area contributed by atoms with Crippen LogP contribution in [0.1, 0.15) is 15.9 Å². The third-order valence-electron chi connectivity index (χ3n) is 2.77. The number of carbonyl (C=O) groups excluding carboxylic acids is 1. The highest BCUT2D eigenvalue weighted by Crippen LogP contribution is 2.11. The summed E-state index contributed by atoms with van der Waals surface area (Å²) >= 11 is 0. The Kier molecular flexibility index (Phi) is 4.32. The molecule has 104 valence electrons. The molecule has 0 saturated heterocycles. The van der Waals surface area contributed by atoms with Gasteiger partial charge < -0.3 is 15.2 Å². The summed E-state index contributed by atoms with van der Waals surface area (Å²) in [7, 11) is 3.99. The molecule has 2 rings (SSSR count). The molecule has 0 saturated carbocycles. The van der Waals surface area contributed by atoms with Crippen LogP contribution in [0.25, 0.3) is 0 Å². The van der Waals surface area contributed by atoms with Crippen molar-refractivity contribution < 1.29 is 4.79 Å². The molecule has 1 amide bonds. The number of hydrogen-bond donors (Lipinski definition) is 2. The van der Waals surface area contributed by atoms with Crippen LogP contribution >= 0.6 is 0 Å². The average Bonchev–Trinajstić information content (AvgIpc) is 2.41. The van der Waals surface area contributed by atoms with Crippen molar-refractivity contribution in [3.8, 4) is 0 Å². The van der Waals surface area contributed by atoms with Crippen molar-refractivity contribution in [2.75, 3.05) is 19.4 Å². The number of nitrogens with zero attached hydrogens (tertiary/aromatic N) is 1. The molecule has 0 aliphatic rings. The van der Waals surface area contributed by atoms with Gasteiger partial charge in [0, 0.05) is 18.4 Å². The highest BCUT2D eigenvalue weighted by atomic mass is 16.2. The van der Waals surface area contributed by atoms with Crippen molar-refractivity contribution in [3.63, 3.8) is 0 Å². The van der Waals surface area contributed by atoms with Gasteiger partial charge in [0.25, 0.3) is 11.5 Å². The fraction of sp³-hybridized carbons (Fsp3) is 0.200. The lowest BCUT2D eigenvalue weighted by Gasteiger charge is -2.10. The first kappa shape index (κ1) is 14.0.